The smallest absolute Gasteiger partial charge is 0.138 e. The number of carbonyl (C=O) groups is 1. The lowest BCUT2D eigenvalue weighted by molar-refractivity contribution is -0.123. The van der Waals surface area contributed by atoms with E-state index in [-0.39, 0.29) is 29.4 Å². The summed E-state index contributed by atoms with van der Waals surface area (Å²) in [6.07, 6.45) is 5.52. The van der Waals surface area contributed by atoms with Crippen LogP contribution in [-0.2, 0) is 4.79 Å². The molecule has 2 heterocycles. The molecule has 6 rings (SSSR count). The van der Waals surface area contributed by atoms with Crippen LogP contribution in [0.3, 0.4) is 0 Å². The molecule has 3 unspecified atom stereocenters. The number of rotatable bonds is 4. The third-order valence-corrected chi connectivity index (χ3v) is 7.21. The SMILES string of the molecule is O=C(CC1c2c(F)cccc2-c2cncn21)C1CC2C(C1)C2c1ccc(F)cc1. The third kappa shape index (κ3) is 2.53. The summed E-state index contributed by atoms with van der Waals surface area (Å²) in [5.41, 5.74) is 3.52. The lowest BCUT2D eigenvalue weighted by Gasteiger charge is -2.19. The minimum atomic E-state index is -0.305. The second kappa shape index (κ2) is 6.09. The highest BCUT2D eigenvalue weighted by molar-refractivity contribution is 5.84. The molecule has 0 N–H and O–H groups in total. The Balaban J connectivity index is 1.18. The molecule has 3 aromatic rings. The molecule has 2 fully saturated rings. The Morgan fingerprint density at radius 1 is 1.07 bits per heavy atom. The molecule has 5 heteroatoms. The summed E-state index contributed by atoms with van der Waals surface area (Å²) >= 11 is 0. The van der Waals surface area contributed by atoms with E-state index in [4.69, 9.17) is 0 Å². The van der Waals surface area contributed by atoms with Gasteiger partial charge in [-0.2, -0.15) is 0 Å². The normalized spacial score (nSPS) is 28.7. The van der Waals surface area contributed by atoms with Crippen LogP contribution < -0.4 is 0 Å². The lowest BCUT2D eigenvalue weighted by atomic mass is 9.88. The molecule has 146 valence electrons. The fourth-order valence-electron chi connectivity index (χ4n) is 5.84. The molecular weight excluding hydrogens is 370 g/mol. The van der Waals surface area contributed by atoms with E-state index in [0.29, 0.717) is 29.7 Å². The average Bonchev–Trinajstić information content (AvgIpc) is 3.12. The van der Waals surface area contributed by atoms with Crippen LogP contribution >= 0.6 is 0 Å². The fourth-order valence-corrected chi connectivity index (χ4v) is 5.84. The number of fused-ring (bicyclic) bond motifs is 4. The van der Waals surface area contributed by atoms with Crippen LogP contribution in [0.4, 0.5) is 8.78 Å². The summed E-state index contributed by atoms with van der Waals surface area (Å²) in [7, 11) is 0. The van der Waals surface area contributed by atoms with Crippen LogP contribution in [0.25, 0.3) is 11.3 Å². The van der Waals surface area contributed by atoms with Crippen molar-refractivity contribution in [1.82, 2.24) is 9.55 Å². The van der Waals surface area contributed by atoms with E-state index < -0.39 is 0 Å². The van der Waals surface area contributed by atoms with Crippen molar-refractivity contribution in [2.45, 2.75) is 31.2 Å². The van der Waals surface area contributed by atoms with Crippen molar-refractivity contribution in [1.29, 1.82) is 0 Å². The highest BCUT2D eigenvalue weighted by Gasteiger charge is 2.57. The zero-order valence-corrected chi connectivity index (χ0v) is 15.8. The first-order valence-corrected chi connectivity index (χ1v) is 10.2. The molecule has 3 atom stereocenters. The first kappa shape index (κ1) is 17.1. The van der Waals surface area contributed by atoms with Crippen molar-refractivity contribution in [3.8, 4) is 11.3 Å². The van der Waals surface area contributed by atoms with Crippen LogP contribution in [0.15, 0.2) is 55.0 Å². The minimum absolute atomic E-state index is 0.0458. The Morgan fingerprint density at radius 2 is 1.83 bits per heavy atom. The number of Topliss-reactive ketones (excluding diaryl/α,β-unsaturated/α-hetero) is 1. The Kier molecular flexibility index (Phi) is 3.58. The third-order valence-electron chi connectivity index (χ3n) is 7.21. The van der Waals surface area contributed by atoms with Gasteiger partial charge in [-0.3, -0.25) is 4.79 Å². The van der Waals surface area contributed by atoms with Gasteiger partial charge in [-0.25, -0.2) is 13.8 Å². The number of aromatic nitrogens is 2. The average molecular weight is 390 g/mol. The summed E-state index contributed by atoms with van der Waals surface area (Å²) in [6, 6.07) is 11.5. The molecule has 1 aliphatic heterocycles. The molecule has 2 aromatic carbocycles. The molecule has 0 spiro atoms. The molecule has 29 heavy (non-hydrogen) atoms. The van der Waals surface area contributed by atoms with Gasteiger partial charge in [0.2, 0.25) is 0 Å². The highest BCUT2D eigenvalue weighted by Crippen LogP contribution is 2.65. The second-order valence-corrected chi connectivity index (χ2v) is 8.65. The number of imidazole rings is 1. The van der Waals surface area contributed by atoms with Gasteiger partial charge >= 0.3 is 0 Å². The maximum atomic E-state index is 14.6. The van der Waals surface area contributed by atoms with Crippen molar-refractivity contribution in [2.24, 2.45) is 17.8 Å². The Hall–Kier alpha value is -2.82. The molecule has 3 nitrogen and oxygen atoms in total. The lowest BCUT2D eigenvalue weighted by Crippen LogP contribution is -2.19. The molecule has 3 aliphatic rings. The predicted octanol–water partition coefficient (Wildman–Crippen LogP) is 5.13. The summed E-state index contributed by atoms with van der Waals surface area (Å²) in [4.78, 5) is 17.3. The fraction of sp³-hybridized carbons (Fsp3) is 0.333. The van der Waals surface area contributed by atoms with Gasteiger partial charge in [0.1, 0.15) is 17.4 Å². The maximum absolute atomic E-state index is 14.6. The summed E-state index contributed by atoms with van der Waals surface area (Å²) in [6.45, 7) is 0. The maximum Gasteiger partial charge on any atom is 0.138 e. The van der Waals surface area contributed by atoms with Gasteiger partial charge in [-0.15, -0.1) is 0 Å². The van der Waals surface area contributed by atoms with Gasteiger partial charge in [0.05, 0.1) is 24.3 Å². The van der Waals surface area contributed by atoms with Crippen LogP contribution in [0.2, 0.25) is 0 Å². The quantitative estimate of drug-likeness (QED) is 0.619. The van der Waals surface area contributed by atoms with Crippen molar-refractivity contribution < 1.29 is 13.6 Å². The monoisotopic (exact) mass is 390 g/mol. The van der Waals surface area contributed by atoms with Crippen molar-refractivity contribution >= 4 is 5.78 Å². The van der Waals surface area contributed by atoms with Crippen LogP contribution in [0.1, 0.15) is 42.3 Å². The van der Waals surface area contributed by atoms with Gasteiger partial charge in [0.15, 0.2) is 0 Å². The van der Waals surface area contributed by atoms with Gasteiger partial charge in [0, 0.05) is 23.5 Å². The van der Waals surface area contributed by atoms with Crippen molar-refractivity contribution in [3.05, 3.63) is 77.8 Å². The van der Waals surface area contributed by atoms with Gasteiger partial charge in [0.25, 0.3) is 0 Å². The summed E-state index contributed by atoms with van der Waals surface area (Å²) in [5, 5.41) is 0. The van der Waals surface area contributed by atoms with Crippen LogP contribution in [0, 0.1) is 29.4 Å². The highest BCUT2D eigenvalue weighted by atomic mass is 19.1. The number of hydrogen-bond donors (Lipinski definition) is 0. The number of benzene rings is 2. The number of ketones is 1. The molecular formula is C24H20F2N2O. The van der Waals surface area contributed by atoms with Gasteiger partial charge < -0.3 is 4.57 Å². The standard InChI is InChI=1S/C24H20F2N2O/c25-15-6-4-13(5-7-15)23-17-8-14(9-18(17)23)22(29)10-20-24-16(2-1-3-19(24)26)21-11-27-12-28(20)21/h1-7,11-12,14,17-18,20,23H,8-10H2. The van der Waals surface area contributed by atoms with Crippen molar-refractivity contribution in [3.63, 3.8) is 0 Å². The summed E-state index contributed by atoms with van der Waals surface area (Å²) < 4.78 is 29.7. The van der Waals surface area contributed by atoms with E-state index in [1.807, 2.05) is 22.8 Å². The topological polar surface area (TPSA) is 34.9 Å². The molecule has 0 saturated heterocycles. The molecule has 2 aliphatic carbocycles. The zero-order chi connectivity index (χ0) is 19.7. The van der Waals surface area contributed by atoms with E-state index in [1.54, 1.807) is 18.6 Å². The molecule has 0 bridgehead atoms. The molecule has 1 aromatic heterocycles. The number of nitrogens with zero attached hydrogens (tertiary/aromatic N) is 2. The molecule has 2 saturated carbocycles. The summed E-state index contributed by atoms with van der Waals surface area (Å²) in [5.74, 6) is 1.30. The van der Waals surface area contributed by atoms with Gasteiger partial charge in [-0.1, -0.05) is 24.3 Å². The van der Waals surface area contributed by atoms with Crippen LogP contribution in [-0.4, -0.2) is 15.3 Å². The molecule has 0 amide bonds. The Bertz CT molecular complexity index is 1110. The van der Waals surface area contributed by atoms with E-state index in [1.165, 1.54) is 23.8 Å². The predicted molar refractivity (Wildman–Crippen MR) is 104 cm³/mol. The number of carbonyl (C=O) groups excluding carboxylic acids is 1. The second-order valence-electron chi connectivity index (χ2n) is 8.65. The number of hydrogen-bond acceptors (Lipinski definition) is 2. The minimum Gasteiger partial charge on any atom is -0.322 e. The van der Waals surface area contributed by atoms with E-state index >= 15 is 0 Å². The first-order valence-electron chi connectivity index (χ1n) is 10.2. The first-order chi connectivity index (χ1) is 14.1. The van der Waals surface area contributed by atoms with E-state index in [9.17, 15) is 13.6 Å². The van der Waals surface area contributed by atoms with E-state index in [0.717, 1.165) is 24.1 Å². The molecule has 0 radical (unpaired) electrons. The van der Waals surface area contributed by atoms with E-state index in [2.05, 4.69) is 4.98 Å². The van der Waals surface area contributed by atoms with Crippen molar-refractivity contribution in [2.75, 3.05) is 0 Å². The zero-order valence-electron chi connectivity index (χ0n) is 15.8. The Labute approximate surface area is 167 Å². The van der Waals surface area contributed by atoms with Gasteiger partial charge in [-0.05, 0) is 54.4 Å². The van der Waals surface area contributed by atoms with Crippen LogP contribution in [0.5, 0.6) is 0 Å². The number of halogens is 2. The Morgan fingerprint density at radius 3 is 2.59 bits per heavy atom. The largest absolute Gasteiger partial charge is 0.322 e.